The minimum Gasteiger partial charge on any atom is -0.492 e. The van der Waals surface area contributed by atoms with Crippen LogP contribution in [0.25, 0.3) is 0 Å². The Morgan fingerprint density at radius 3 is 2.70 bits per heavy atom. The Bertz CT molecular complexity index is 434. The number of ether oxygens (including phenoxy) is 2. The van der Waals surface area contributed by atoms with Crippen molar-refractivity contribution in [1.82, 2.24) is 4.90 Å². The number of rotatable bonds is 6. The largest absolute Gasteiger partial charge is 0.492 e. The summed E-state index contributed by atoms with van der Waals surface area (Å²) < 4.78 is 13.3. The van der Waals surface area contributed by atoms with Crippen LogP contribution in [0.15, 0.2) is 21.1 Å². The van der Waals surface area contributed by atoms with Crippen LogP contribution < -0.4 is 4.74 Å². The standard InChI is InChI=1S/C15H21Br2NO2/c1-2-20-15-12(10-13(16)11-14(15)17)4-3-5-18-6-8-19-9-7-18/h10-11H,2-9H2,1H3. The molecule has 0 aromatic heterocycles. The Morgan fingerprint density at radius 2 is 2.00 bits per heavy atom. The van der Waals surface area contributed by atoms with E-state index in [0.29, 0.717) is 6.61 Å². The number of hydrogen-bond donors (Lipinski definition) is 0. The molecular formula is C15H21Br2NO2. The lowest BCUT2D eigenvalue weighted by atomic mass is 10.1. The molecule has 1 saturated heterocycles. The highest BCUT2D eigenvalue weighted by Crippen LogP contribution is 2.33. The first-order valence-electron chi connectivity index (χ1n) is 7.11. The van der Waals surface area contributed by atoms with Gasteiger partial charge < -0.3 is 9.47 Å². The Hall–Kier alpha value is -0.100. The summed E-state index contributed by atoms with van der Waals surface area (Å²) >= 11 is 7.14. The molecule has 3 nitrogen and oxygen atoms in total. The van der Waals surface area contributed by atoms with E-state index in [9.17, 15) is 0 Å². The van der Waals surface area contributed by atoms with Gasteiger partial charge in [-0.25, -0.2) is 0 Å². The van der Waals surface area contributed by atoms with Crippen LogP contribution in [0, 0.1) is 0 Å². The summed E-state index contributed by atoms with van der Waals surface area (Å²) in [4.78, 5) is 2.47. The van der Waals surface area contributed by atoms with Crippen molar-refractivity contribution in [2.45, 2.75) is 19.8 Å². The minimum absolute atomic E-state index is 0.691. The Kier molecular flexibility index (Phi) is 6.81. The van der Waals surface area contributed by atoms with E-state index in [2.05, 4.69) is 42.8 Å². The third-order valence-corrected chi connectivity index (χ3v) is 4.45. The van der Waals surface area contributed by atoms with Crippen LogP contribution in [0.5, 0.6) is 5.75 Å². The molecule has 0 aliphatic carbocycles. The second-order valence-corrected chi connectivity index (χ2v) is 6.64. The fourth-order valence-corrected chi connectivity index (χ4v) is 3.85. The van der Waals surface area contributed by atoms with Crippen molar-refractivity contribution in [3.8, 4) is 5.75 Å². The molecule has 0 bridgehead atoms. The maximum Gasteiger partial charge on any atom is 0.136 e. The third kappa shape index (κ3) is 4.72. The Balaban J connectivity index is 1.93. The topological polar surface area (TPSA) is 21.7 Å². The molecule has 0 unspecified atom stereocenters. The lowest BCUT2D eigenvalue weighted by molar-refractivity contribution is 0.0374. The van der Waals surface area contributed by atoms with Gasteiger partial charge in [0.25, 0.3) is 0 Å². The molecule has 0 radical (unpaired) electrons. The molecule has 1 heterocycles. The third-order valence-electron chi connectivity index (χ3n) is 3.40. The average Bonchev–Trinajstić information content (AvgIpc) is 2.43. The van der Waals surface area contributed by atoms with Gasteiger partial charge >= 0.3 is 0 Å². The van der Waals surface area contributed by atoms with Crippen molar-refractivity contribution in [2.75, 3.05) is 39.5 Å². The number of nitrogens with zero attached hydrogens (tertiary/aromatic N) is 1. The quantitative estimate of drug-likeness (QED) is 0.715. The van der Waals surface area contributed by atoms with Gasteiger partial charge in [-0.2, -0.15) is 0 Å². The highest BCUT2D eigenvalue weighted by molar-refractivity contribution is 9.11. The maximum absolute atomic E-state index is 5.76. The van der Waals surface area contributed by atoms with Crippen LogP contribution in [0.4, 0.5) is 0 Å². The summed E-state index contributed by atoms with van der Waals surface area (Å²) in [6.45, 7) is 7.68. The van der Waals surface area contributed by atoms with Gasteiger partial charge in [-0.15, -0.1) is 0 Å². The van der Waals surface area contributed by atoms with Crippen molar-refractivity contribution >= 4 is 31.9 Å². The molecule has 1 aliphatic rings. The zero-order valence-corrected chi connectivity index (χ0v) is 15.0. The molecule has 0 N–H and O–H groups in total. The first-order valence-corrected chi connectivity index (χ1v) is 8.70. The van der Waals surface area contributed by atoms with Crippen LogP contribution in [-0.2, 0) is 11.2 Å². The number of hydrogen-bond acceptors (Lipinski definition) is 3. The van der Waals surface area contributed by atoms with E-state index in [1.165, 1.54) is 5.56 Å². The fourth-order valence-electron chi connectivity index (χ4n) is 2.42. The van der Waals surface area contributed by atoms with Gasteiger partial charge in [0.05, 0.1) is 24.3 Å². The van der Waals surface area contributed by atoms with Crippen molar-refractivity contribution in [3.05, 3.63) is 26.6 Å². The summed E-state index contributed by atoms with van der Waals surface area (Å²) in [5.41, 5.74) is 1.27. The molecule has 1 aromatic rings. The van der Waals surface area contributed by atoms with Gasteiger partial charge in [-0.05, 0) is 59.9 Å². The van der Waals surface area contributed by atoms with Crippen LogP contribution in [-0.4, -0.2) is 44.4 Å². The smallest absolute Gasteiger partial charge is 0.136 e. The second-order valence-electron chi connectivity index (χ2n) is 4.87. The van der Waals surface area contributed by atoms with Crippen molar-refractivity contribution in [1.29, 1.82) is 0 Å². The van der Waals surface area contributed by atoms with E-state index in [1.54, 1.807) is 0 Å². The van der Waals surface area contributed by atoms with Crippen LogP contribution in [0.2, 0.25) is 0 Å². The Morgan fingerprint density at radius 1 is 1.25 bits per heavy atom. The Labute approximate surface area is 137 Å². The predicted molar refractivity (Wildman–Crippen MR) is 88.6 cm³/mol. The first-order chi connectivity index (χ1) is 9.70. The molecule has 112 valence electrons. The molecule has 0 amide bonds. The van der Waals surface area contributed by atoms with Crippen molar-refractivity contribution in [2.24, 2.45) is 0 Å². The van der Waals surface area contributed by atoms with Crippen molar-refractivity contribution in [3.63, 3.8) is 0 Å². The normalized spacial score (nSPS) is 16.4. The zero-order valence-electron chi connectivity index (χ0n) is 11.8. The number of halogens is 2. The molecule has 20 heavy (non-hydrogen) atoms. The van der Waals surface area contributed by atoms with E-state index in [4.69, 9.17) is 9.47 Å². The molecule has 0 atom stereocenters. The molecule has 0 spiro atoms. The van der Waals surface area contributed by atoms with Gasteiger partial charge in [-0.3, -0.25) is 4.90 Å². The van der Waals surface area contributed by atoms with Gasteiger partial charge in [0, 0.05) is 17.6 Å². The highest BCUT2D eigenvalue weighted by Gasteiger charge is 2.12. The number of benzene rings is 1. The molecule has 1 aliphatic heterocycles. The van der Waals surface area contributed by atoms with E-state index in [-0.39, 0.29) is 0 Å². The van der Waals surface area contributed by atoms with E-state index < -0.39 is 0 Å². The van der Waals surface area contributed by atoms with E-state index in [0.717, 1.165) is 60.4 Å². The summed E-state index contributed by atoms with van der Waals surface area (Å²) in [5.74, 6) is 0.984. The summed E-state index contributed by atoms with van der Waals surface area (Å²) in [6, 6.07) is 4.20. The summed E-state index contributed by atoms with van der Waals surface area (Å²) in [6.07, 6.45) is 2.17. The molecule has 5 heteroatoms. The number of aryl methyl sites for hydroxylation is 1. The minimum atomic E-state index is 0.691. The number of morpholine rings is 1. The SMILES string of the molecule is CCOc1c(Br)cc(Br)cc1CCCN1CCOCC1. The molecule has 1 aromatic carbocycles. The molecule has 0 saturated carbocycles. The van der Waals surface area contributed by atoms with E-state index in [1.807, 2.05) is 13.0 Å². The molecule has 1 fully saturated rings. The van der Waals surface area contributed by atoms with Gasteiger partial charge in [-0.1, -0.05) is 15.9 Å². The van der Waals surface area contributed by atoms with Gasteiger partial charge in [0.1, 0.15) is 5.75 Å². The monoisotopic (exact) mass is 405 g/mol. The van der Waals surface area contributed by atoms with Crippen LogP contribution in [0.1, 0.15) is 18.9 Å². The molecular weight excluding hydrogens is 386 g/mol. The summed E-state index contributed by atoms with van der Waals surface area (Å²) in [5, 5.41) is 0. The predicted octanol–water partition coefficient (Wildman–Crippen LogP) is 3.88. The van der Waals surface area contributed by atoms with Gasteiger partial charge in [0.15, 0.2) is 0 Å². The lowest BCUT2D eigenvalue weighted by Gasteiger charge is -2.26. The fraction of sp³-hybridized carbons (Fsp3) is 0.600. The highest BCUT2D eigenvalue weighted by atomic mass is 79.9. The van der Waals surface area contributed by atoms with Gasteiger partial charge in [0.2, 0.25) is 0 Å². The first kappa shape index (κ1) is 16.3. The maximum atomic E-state index is 5.76. The zero-order chi connectivity index (χ0) is 14.4. The van der Waals surface area contributed by atoms with Crippen LogP contribution in [0.3, 0.4) is 0 Å². The van der Waals surface area contributed by atoms with Crippen LogP contribution >= 0.6 is 31.9 Å². The summed E-state index contributed by atoms with van der Waals surface area (Å²) in [7, 11) is 0. The lowest BCUT2D eigenvalue weighted by Crippen LogP contribution is -2.36. The second kappa shape index (κ2) is 8.37. The van der Waals surface area contributed by atoms with E-state index >= 15 is 0 Å². The average molecular weight is 407 g/mol. The van der Waals surface area contributed by atoms with Crippen molar-refractivity contribution < 1.29 is 9.47 Å². The molecule has 2 rings (SSSR count).